The molecule has 5 aliphatic rings. The van der Waals surface area contributed by atoms with Gasteiger partial charge in [-0.3, -0.25) is 14.7 Å². The number of aromatic amines is 3. The van der Waals surface area contributed by atoms with Crippen molar-refractivity contribution in [1.29, 1.82) is 0 Å². The third kappa shape index (κ3) is 13.2. The summed E-state index contributed by atoms with van der Waals surface area (Å²) in [5.74, 6) is -3.55. The molecule has 5 aliphatic heterocycles. The molecule has 8 aromatic rings. The van der Waals surface area contributed by atoms with E-state index in [9.17, 15) is 31.9 Å². The topological polar surface area (TPSA) is 193 Å². The van der Waals surface area contributed by atoms with E-state index in [-0.39, 0.29) is 12.1 Å². The summed E-state index contributed by atoms with van der Waals surface area (Å²) in [7, 11) is -1.78. The van der Waals surface area contributed by atoms with Crippen molar-refractivity contribution in [3.05, 3.63) is 109 Å². The second-order valence-corrected chi connectivity index (χ2v) is 35.9. The molecule has 0 radical (unpaired) electrons. The normalized spacial score (nSPS) is 23.3. The number of imidazole rings is 3. The molecule has 5 saturated heterocycles. The molecule has 17 nitrogen and oxygen atoms in total. The molecule has 8 heterocycles. The Bertz CT molecular complexity index is 4150. The number of halogens is 4. The second-order valence-electron chi connectivity index (χ2n) is 30.8. The predicted molar refractivity (Wildman–Crippen MR) is 351 cm³/mol. The third-order valence-electron chi connectivity index (χ3n) is 18.6. The highest BCUT2D eigenvalue weighted by molar-refractivity contribution is 6.78. The van der Waals surface area contributed by atoms with Gasteiger partial charge >= 0.3 is 25.4 Å². The van der Waals surface area contributed by atoms with Crippen LogP contribution < -0.4 is 5.46 Å². The van der Waals surface area contributed by atoms with Crippen molar-refractivity contribution in [3.63, 3.8) is 0 Å². The number of fused-ring (bicyclic) bond motifs is 7. The maximum atomic E-state index is 14.7. The fourth-order valence-electron chi connectivity index (χ4n) is 13.8. The zero-order valence-corrected chi connectivity index (χ0v) is 56.2. The first-order chi connectivity index (χ1) is 42.8. The number of alkyl halides is 4. The van der Waals surface area contributed by atoms with Gasteiger partial charge in [0.05, 0.1) is 76.4 Å². The van der Waals surface area contributed by atoms with Gasteiger partial charge in [-0.1, -0.05) is 91.9 Å². The van der Waals surface area contributed by atoms with Crippen LogP contribution in [-0.2, 0) is 23.5 Å². The van der Waals surface area contributed by atoms with Crippen molar-refractivity contribution < 1.29 is 55.5 Å². The van der Waals surface area contributed by atoms with Crippen LogP contribution in [0.4, 0.5) is 31.9 Å². The Hall–Kier alpha value is -7.50. The molecule has 3 N–H and O–H groups in total. The number of rotatable bonds is 6. The van der Waals surface area contributed by atoms with E-state index in [1.54, 1.807) is 41.5 Å². The number of ether oxygens (including phenoxy) is 3. The number of hydrogen-bond acceptors (Lipinski definition) is 11. The van der Waals surface area contributed by atoms with Crippen LogP contribution in [0.5, 0.6) is 0 Å². The highest BCUT2D eigenvalue weighted by atomic mass is 28.3. The lowest BCUT2D eigenvalue weighted by molar-refractivity contribution is -0.00379. The van der Waals surface area contributed by atoms with E-state index in [4.69, 9.17) is 38.5 Å². The number of benzene rings is 5. The summed E-state index contributed by atoms with van der Waals surface area (Å²) in [5, 5.41) is 3.62. The lowest BCUT2D eigenvalue weighted by Gasteiger charge is -2.41. The van der Waals surface area contributed by atoms with Crippen LogP contribution in [0.25, 0.3) is 66.0 Å². The first-order valence-electron chi connectivity index (χ1n) is 31.9. The average Bonchev–Trinajstić information content (AvgIpc) is 1.59. The number of piperidine rings is 1. The molecule has 5 aromatic carbocycles. The summed E-state index contributed by atoms with van der Waals surface area (Å²) in [5.41, 5.74) is 4.46. The van der Waals surface area contributed by atoms with Gasteiger partial charge in [0, 0.05) is 38.2 Å². The summed E-state index contributed by atoms with van der Waals surface area (Å²) in [6.07, 6.45) is -0.137. The van der Waals surface area contributed by atoms with Crippen LogP contribution in [0.2, 0.25) is 25.2 Å². The van der Waals surface area contributed by atoms with Crippen molar-refractivity contribution in [2.45, 2.75) is 192 Å². The van der Waals surface area contributed by atoms with Gasteiger partial charge in [-0.05, 0) is 159 Å². The van der Waals surface area contributed by atoms with E-state index in [0.29, 0.717) is 52.1 Å². The lowest BCUT2D eigenvalue weighted by Crippen LogP contribution is -2.46. The molecular formula is C69H84BF4N9O8Si. The van der Waals surface area contributed by atoms with Gasteiger partial charge in [0.25, 0.3) is 11.8 Å². The van der Waals surface area contributed by atoms with E-state index in [1.165, 1.54) is 12.1 Å². The molecule has 92 heavy (non-hydrogen) atoms. The van der Waals surface area contributed by atoms with Crippen LogP contribution in [-0.4, -0.2) is 138 Å². The molecule has 0 aliphatic carbocycles. The van der Waals surface area contributed by atoms with Gasteiger partial charge in [0.15, 0.2) is 0 Å². The largest absolute Gasteiger partial charge is 0.494 e. The maximum absolute atomic E-state index is 14.7. The number of amides is 3. The number of carbonyl (C=O) groups is 3. The van der Waals surface area contributed by atoms with Crippen molar-refractivity contribution in [3.8, 4) is 22.4 Å². The minimum Gasteiger partial charge on any atom is -0.444 e. The highest BCUT2D eigenvalue weighted by Crippen LogP contribution is 2.50. The Labute approximate surface area is 535 Å². The summed E-state index contributed by atoms with van der Waals surface area (Å²) < 4.78 is 87.3. The van der Waals surface area contributed by atoms with E-state index in [2.05, 4.69) is 58.4 Å². The van der Waals surface area contributed by atoms with E-state index < -0.39 is 105 Å². The van der Waals surface area contributed by atoms with Crippen LogP contribution in [0.3, 0.4) is 0 Å². The van der Waals surface area contributed by atoms with Crippen molar-refractivity contribution in [1.82, 2.24) is 44.6 Å². The minimum absolute atomic E-state index is 0.167. The predicted octanol–water partition coefficient (Wildman–Crippen LogP) is 16.1. The number of hydrogen-bond donors (Lipinski definition) is 3. The Kier molecular flexibility index (Phi) is 15.9. The number of likely N-dealkylation sites (tertiary alicyclic amines) is 3. The highest BCUT2D eigenvalue weighted by Gasteiger charge is 2.54. The molecular weight excluding hydrogens is 1200 g/mol. The smallest absolute Gasteiger partial charge is 0.444 e. The van der Waals surface area contributed by atoms with Gasteiger partial charge in [0.1, 0.15) is 34.3 Å². The van der Waals surface area contributed by atoms with Crippen LogP contribution in [0.15, 0.2) is 91.1 Å². The Morgan fingerprint density at radius 3 is 1.53 bits per heavy atom. The van der Waals surface area contributed by atoms with Crippen molar-refractivity contribution in [2.75, 3.05) is 19.6 Å². The van der Waals surface area contributed by atoms with Crippen molar-refractivity contribution in [2.24, 2.45) is 11.8 Å². The summed E-state index contributed by atoms with van der Waals surface area (Å²) in [6.45, 7) is 28.2. The first-order valence-corrected chi connectivity index (χ1v) is 35.3. The fourth-order valence-corrected chi connectivity index (χ4v) is 17.8. The molecule has 488 valence electrons. The van der Waals surface area contributed by atoms with Gasteiger partial charge < -0.3 is 38.5 Å². The van der Waals surface area contributed by atoms with Gasteiger partial charge in [-0.25, -0.2) is 46.9 Å². The van der Waals surface area contributed by atoms with E-state index in [0.717, 1.165) is 71.4 Å². The number of nitrogens with one attached hydrogen (secondary N) is 3. The number of carbonyl (C=O) groups excluding carboxylic acids is 3. The molecule has 0 saturated carbocycles. The van der Waals surface area contributed by atoms with Gasteiger partial charge in [-0.15, -0.1) is 0 Å². The van der Waals surface area contributed by atoms with E-state index in [1.807, 2.05) is 114 Å². The van der Waals surface area contributed by atoms with Gasteiger partial charge in [-0.2, -0.15) is 0 Å². The lowest BCUT2D eigenvalue weighted by atomic mass is 9.78. The molecule has 3 aromatic heterocycles. The zero-order chi connectivity index (χ0) is 66.2. The molecule has 2 unspecified atom stereocenters. The summed E-state index contributed by atoms with van der Waals surface area (Å²) >= 11 is 0. The molecule has 3 amide bonds. The number of aromatic nitrogens is 6. The van der Waals surface area contributed by atoms with Crippen LogP contribution >= 0.6 is 0 Å². The Balaban J connectivity index is 0.000000195. The standard InChI is InChI=1S/C43H52F2N6O4Si.C26H32BF2N3O4/c1-41(2,3)54-39(52)50-21-30-23-56(7,8)22-29(30)18-34(50)37-46-20-33(48-37)26-11-9-25(10-12-26)27-13-15-31-28(17-27)14-16-32-36(31)49-38(47-32)35-19-43(44,45)24-51(35)40(53)55-42(4,5)6;1-23(2,3)34-22(33)32-14-26(28,29)13-19(32)21-30-18-11-8-15-12-16(9-10-17(15)20(18)31-21)27-35-24(4,5)25(6,7)36-27/h9-17,20,29-30,34-35H,18-19,21-24H2,1-8H3,(H,46,48)(H,47,49);8-12,19H,13-14H2,1-7H3,(H,30,31)/t29-,30-,34-,35?;/m0./s1. The van der Waals surface area contributed by atoms with Crippen LogP contribution in [0.1, 0.15) is 145 Å². The molecule has 5 atom stereocenters. The quantitative estimate of drug-likeness (QED) is 0.0815. The van der Waals surface area contributed by atoms with Crippen LogP contribution in [0, 0.1) is 11.8 Å². The maximum Gasteiger partial charge on any atom is 0.494 e. The first kappa shape index (κ1) is 64.6. The SMILES string of the molecule is CC(C)(C)OC(=O)N1CC(F)(F)CC1c1nc2c(ccc3cc(-c4ccc(-c5cnc([C@@H]6C[C@H]7C[Si](C)(C)C[C@@H]7CN6C(=O)OC(C)(C)C)[nH]5)cc4)ccc32)[nH]1.CC(C)(C)OC(=O)N1CC(F)(F)CC1c1nc2c(ccc3cc(B4OC(C)(C)C(C)(C)O4)ccc32)[nH]1. The molecule has 5 fully saturated rings. The van der Waals surface area contributed by atoms with E-state index >= 15 is 0 Å². The third-order valence-corrected chi connectivity index (χ3v) is 21.9. The minimum atomic E-state index is -3.05. The van der Waals surface area contributed by atoms with Crippen molar-refractivity contribution >= 4 is 82.5 Å². The summed E-state index contributed by atoms with van der Waals surface area (Å²) in [6, 6.07) is 28.5. The Morgan fingerprint density at radius 1 is 0.565 bits per heavy atom. The summed E-state index contributed by atoms with van der Waals surface area (Å²) in [4.78, 5) is 67.5. The van der Waals surface area contributed by atoms with Gasteiger partial charge in [0.2, 0.25) is 0 Å². The number of nitrogens with zero attached hydrogens (tertiary/aromatic N) is 6. The molecule has 23 heteroatoms. The molecule has 0 bridgehead atoms. The number of H-pyrrole nitrogens is 3. The fraction of sp³-hybridized carbons (Fsp3) is 0.507. The monoisotopic (exact) mass is 1280 g/mol. The zero-order valence-electron chi connectivity index (χ0n) is 55.2. The average molecular weight is 1280 g/mol. The molecule has 0 spiro atoms. The second kappa shape index (κ2) is 22.6. The Morgan fingerprint density at radius 2 is 1.02 bits per heavy atom. The molecule has 13 rings (SSSR count).